The molecule has 2 aliphatic carbocycles. The summed E-state index contributed by atoms with van der Waals surface area (Å²) in [6.45, 7) is 2.75. The number of carbonyl (C=O) groups is 1. The van der Waals surface area contributed by atoms with Gasteiger partial charge >= 0.3 is 0 Å². The zero-order valence-corrected chi connectivity index (χ0v) is 15.6. The summed E-state index contributed by atoms with van der Waals surface area (Å²) >= 11 is 3.36. The Morgan fingerprint density at radius 3 is 2.88 bits per heavy atom. The van der Waals surface area contributed by atoms with Gasteiger partial charge in [-0.05, 0) is 43.8 Å². The van der Waals surface area contributed by atoms with Crippen LogP contribution in [-0.2, 0) is 9.53 Å². The van der Waals surface area contributed by atoms with Crippen molar-refractivity contribution >= 4 is 28.1 Å². The number of ether oxygens (including phenoxy) is 1. The molecule has 0 aromatic heterocycles. The fraction of sp³-hybridized carbons (Fsp3) is 0.556. The number of allylic oxidation sites excluding steroid dienone is 5. The van der Waals surface area contributed by atoms with E-state index in [4.69, 9.17) is 4.74 Å². The molecular weight excluding hydrogens is 375 g/mol. The van der Waals surface area contributed by atoms with Crippen LogP contribution in [0, 0.1) is 16.7 Å². The van der Waals surface area contributed by atoms with E-state index in [9.17, 15) is 9.18 Å². The third kappa shape index (κ3) is 1.87. The van der Waals surface area contributed by atoms with E-state index in [0.29, 0.717) is 29.1 Å². The summed E-state index contributed by atoms with van der Waals surface area (Å²) in [5.41, 5.74) is 1.78. The van der Waals surface area contributed by atoms with Gasteiger partial charge in [-0.3, -0.25) is 9.79 Å². The highest BCUT2D eigenvalue weighted by Crippen LogP contribution is 2.65. The van der Waals surface area contributed by atoms with Crippen LogP contribution in [0.4, 0.5) is 4.39 Å². The molecule has 2 aliphatic heterocycles. The Kier molecular flexibility index (Phi) is 3.45. The minimum Gasteiger partial charge on any atom is -0.384 e. The van der Waals surface area contributed by atoms with Crippen molar-refractivity contribution in [1.82, 2.24) is 4.90 Å². The zero-order valence-electron chi connectivity index (χ0n) is 14.0. The lowest BCUT2D eigenvalue weighted by Crippen LogP contribution is -2.50. The number of carbonyl (C=O) groups excluding carboxylic acids is 1. The lowest BCUT2D eigenvalue weighted by Gasteiger charge is -2.50. The lowest BCUT2D eigenvalue weighted by molar-refractivity contribution is -0.142. The van der Waals surface area contributed by atoms with Gasteiger partial charge in [0.15, 0.2) is 0 Å². The van der Waals surface area contributed by atoms with Crippen LogP contribution in [-0.4, -0.2) is 37.8 Å². The fourth-order valence-electron chi connectivity index (χ4n) is 4.94. The molecule has 4 nitrogen and oxygen atoms in total. The molecule has 4 aliphatic rings. The molecule has 1 unspecified atom stereocenters. The topological polar surface area (TPSA) is 41.9 Å². The summed E-state index contributed by atoms with van der Waals surface area (Å²) in [5, 5.41) is 0. The van der Waals surface area contributed by atoms with Gasteiger partial charge in [-0.25, -0.2) is 4.39 Å². The number of rotatable bonds is 2. The van der Waals surface area contributed by atoms with Gasteiger partial charge in [0.1, 0.15) is 5.83 Å². The average molecular weight is 395 g/mol. The molecule has 1 saturated carbocycles. The highest BCUT2D eigenvalue weighted by Gasteiger charge is 2.64. The van der Waals surface area contributed by atoms with E-state index in [1.54, 1.807) is 18.2 Å². The maximum atomic E-state index is 14.0. The molecule has 128 valence electrons. The van der Waals surface area contributed by atoms with Crippen molar-refractivity contribution in [2.75, 3.05) is 20.8 Å². The molecule has 0 aromatic rings. The van der Waals surface area contributed by atoms with Crippen LogP contribution in [0.2, 0.25) is 0 Å². The maximum Gasteiger partial charge on any atom is 0.237 e. The average Bonchev–Trinajstić information content (AvgIpc) is 2.72. The van der Waals surface area contributed by atoms with Crippen molar-refractivity contribution in [2.45, 2.75) is 26.2 Å². The number of hydrogen-bond acceptors (Lipinski definition) is 3. The first-order chi connectivity index (χ1) is 11.3. The number of dihydropyridines is 1. The van der Waals surface area contributed by atoms with Crippen LogP contribution < -0.4 is 0 Å². The molecule has 1 spiro atoms. The Morgan fingerprint density at radius 1 is 1.50 bits per heavy atom. The van der Waals surface area contributed by atoms with Gasteiger partial charge in [0.05, 0.1) is 23.0 Å². The summed E-state index contributed by atoms with van der Waals surface area (Å²) < 4.78 is 19.8. The third-order valence-electron chi connectivity index (χ3n) is 5.96. The van der Waals surface area contributed by atoms with Crippen molar-refractivity contribution in [3.63, 3.8) is 0 Å². The molecule has 6 heteroatoms. The van der Waals surface area contributed by atoms with Crippen molar-refractivity contribution in [2.24, 2.45) is 21.7 Å². The standard InChI is InChI=1S/C18H20BrFN2O2/c1-17-7-11(19)12(20)4-14(17)21-8-13-15(17)18(16(23)22(13)2)5-10(6-18)9-24-3/h4,8,10H,5-7,9H2,1-3H3. The predicted molar refractivity (Wildman–Crippen MR) is 93.2 cm³/mol. The van der Waals surface area contributed by atoms with Crippen LogP contribution in [0.3, 0.4) is 0 Å². The minimum atomic E-state index is -0.478. The molecule has 24 heavy (non-hydrogen) atoms. The highest BCUT2D eigenvalue weighted by atomic mass is 79.9. The molecule has 0 bridgehead atoms. The smallest absolute Gasteiger partial charge is 0.237 e. The van der Waals surface area contributed by atoms with E-state index in [1.165, 1.54) is 6.08 Å². The van der Waals surface area contributed by atoms with E-state index in [0.717, 1.165) is 24.1 Å². The van der Waals surface area contributed by atoms with Crippen LogP contribution >= 0.6 is 15.9 Å². The second-order valence-electron chi connectivity index (χ2n) is 7.49. The van der Waals surface area contributed by atoms with Gasteiger partial charge in [-0.1, -0.05) is 15.9 Å². The van der Waals surface area contributed by atoms with Crippen molar-refractivity contribution in [1.29, 1.82) is 0 Å². The summed E-state index contributed by atoms with van der Waals surface area (Å²) in [6.07, 6.45) is 5.31. The molecule has 2 heterocycles. The summed E-state index contributed by atoms with van der Waals surface area (Å²) in [4.78, 5) is 19.3. The fourth-order valence-corrected chi connectivity index (χ4v) is 5.62. The largest absolute Gasteiger partial charge is 0.384 e. The molecular formula is C18H20BrFN2O2. The number of fused-ring (bicyclic) bond motifs is 3. The van der Waals surface area contributed by atoms with Gasteiger partial charge in [-0.2, -0.15) is 0 Å². The Hall–Kier alpha value is -1.27. The number of amides is 1. The van der Waals surface area contributed by atoms with Gasteiger partial charge in [0.2, 0.25) is 5.91 Å². The first kappa shape index (κ1) is 16.2. The normalized spacial score (nSPS) is 37.7. The predicted octanol–water partition coefficient (Wildman–Crippen LogP) is 3.71. The third-order valence-corrected chi connectivity index (χ3v) is 6.62. The van der Waals surface area contributed by atoms with Gasteiger partial charge in [-0.15, -0.1) is 0 Å². The maximum absolute atomic E-state index is 14.0. The van der Waals surface area contributed by atoms with Crippen LogP contribution in [0.25, 0.3) is 0 Å². The van der Waals surface area contributed by atoms with Crippen LogP contribution in [0.5, 0.6) is 0 Å². The monoisotopic (exact) mass is 394 g/mol. The number of nitrogens with zero attached hydrogens (tertiary/aromatic N) is 2. The number of methoxy groups -OCH3 is 1. The second kappa shape index (κ2) is 5.11. The van der Waals surface area contributed by atoms with Gasteiger partial charge < -0.3 is 9.64 Å². The van der Waals surface area contributed by atoms with Crippen molar-refractivity contribution < 1.29 is 13.9 Å². The van der Waals surface area contributed by atoms with E-state index < -0.39 is 10.8 Å². The van der Waals surface area contributed by atoms with E-state index in [1.807, 2.05) is 7.05 Å². The Labute approximate surface area is 149 Å². The summed E-state index contributed by atoms with van der Waals surface area (Å²) in [6, 6.07) is 0. The van der Waals surface area contributed by atoms with E-state index >= 15 is 0 Å². The molecule has 0 saturated heterocycles. The Balaban J connectivity index is 1.81. The van der Waals surface area contributed by atoms with E-state index in [2.05, 4.69) is 27.8 Å². The first-order valence-electron chi connectivity index (χ1n) is 8.16. The minimum absolute atomic E-state index is 0.139. The Morgan fingerprint density at radius 2 is 2.21 bits per heavy atom. The number of aliphatic imine (C=N–C) groups is 1. The highest BCUT2D eigenvalue weighted by molar-refractivity contribution is 9.11. The summed E-state index contributed by atoms with van der Waals surface area (Å²) in [5.74, 6) is 0.259. The SMILES string of the molecule is COCC1CC2(C1)C(=O)N(C)C1=C2C2(C)CC(Br)=C(F)C=C2N=C1. The molecule has 1 fully saturated rings. The summed E-state index contributed by atoms with van der Waals surface area (Å²) in [7, 11) is 3.51. The first-order valence-corrected chi connectivity index (χ1v) is 8.95. The molecule has 1 atom stereocenters. The van der Waals surface area contributed by atoms with Gasteiger partial charge in [0.25, 0.3) is 0 Å². The second-order valence-corrected chi connectivity index (χ2v) is 8.44. The molecule has 0 N–H and O–H groups in total. The number of hydrogen-bond donors (Lipinski definition) is 0. The lowest BCUT2D eigenvalue weighted by atomic mass is 9.52. The molecule has 0 radical (unpaired) electrons. The van der Waals surface area contributed by atoms with Crippen LogP contribution in [0.1, 0.15) is 26.2 Å². The van der Waals surface area contributed by atoms with E-state index in [-0.39, 0.29) is 11.7 Å². The quantitative estimate of drug-likeness (QED) is 0.716. The Bertz CT molecular complexity index is 761. The molecule has 4 rings (SSSR count). The zero-order chi connectivity index (χ0) is 17.3. The van der Waals surface area contributed by atoms with Gasteiger partial charge in [0, 0.05) is 30.7 Å². The van der Waals surface area contributed by atoms with Crippen molar-refractivity contribution in [3.05, 3.63) is 33.4 Å². The van der Waals surface area contributed by atoms with Crippen LogP contribution in [0.15, 0.2) is 38.3 Å². The molecule has 1 amide bonds. The molecule has 0 aromatic carbocycles. The van der Waals surface area contributed by atoms with Crippen molar-refractivity contribution in [3.8, 4) is 0 Å². The number of halogens is 2.